The Kier molecular flexibility index (Phi) is 12.3. The number of nitrogens with zero attached hydrogens (tertiary/aromatic N) is 3. The summed E-state index contributed by atoms with van der Waals surface area (Å²) in [4.78, 5) is 22.6. The van der Waals surface area contributed by atoms with Crippen LogP contribution in [0.4, 0.5) is 13.6 Å². The number of rotatable bonds is 8. The van der Waals surface area contributed by atoms with E-state index in [2.05, 4.69) is 15.3 Å². The molecule has 2 aliphatic rings. The van der Waals surface area contributed by atoms with Crippen LogP contribution in [-0.2, 0) is 18.0 Å². The van der Waals surface area contributed by atoms with Crippen LogP contribution in [0.15, 0.2) is 73.1 Å². The minimum atomic E-state index is -0.507. The summed E-state index contributed by atoms with van der Waals surface area (Å²) in [5.74, 6) is 0.0920. The van der Waals surface area contributed by atoms with E-state index < -0.39 is 17.2 Å². The molecular formula is C37H40Cl2F2N4O4. The molecule has 49 heavy (non-hydrogen) atoms. The van der Waals surface area contributed by atoms with Gasteiger partial charge in [-0.05, 0) is 118 Å². The molecule has 6 rings (SSSR count). The van der Waals surface area contributed by atoms with Gasteiger partial charge in [0.15, 0.2) is 23.1 Å². The molecule has 1 amide bonds. The number of hydrogen-bond donors (Lipinski definition) is 1. The van der Waals surface area contributed by atoms with Crippen molar-refractivity contribution in [3.8, 4) is 11.5 Å². The van der Waals surface area contributed by atoms with Crippen molar-refractivity contribution in [1.82, 2.24) is 20.2 Å². The van der Waals surface area contributed by atoms with Gasteiger partial charge in [-0.3, -0.25) is 9.97 Å². The lowest BCUT2D eigenvalue weighted by Gasteiger charge is -2.24. The third kappa shape index (κ3) is 10.7. The van der Waals surface area contributed by atoms with E-state index in [4.69, 9.17) is 37.4 Å². The molecule has 2 aromatic carbocycles. The molecule has 0 aliphatic carbocycles. The molecule has 260 valence electrons. The number of aromatic nitrogens is 2. The molecule has 8 nitrogen and oxygen atoms in total. The van der Waals surface area contributed by atoms with Crippen LogP contribution in [0.1, 0.15) is 68.0 Å². The second-order valence-electron chi connectivity index (χ2n) is 13.0. The van der Waals surface area contributed by atoms with Crippen LogP contribution >= 0.6 is 23.2 Å². The van der Waals surface area contributed by atoms with Gasteiger partial charge in [0.2, 0.25) is 0 Å². The Balaban J connectivity index is 0.000000199. The third-order valence-corrected chi connectivity index (χ3v) is 8.53. The number of hydrogen-bond acceptors (Lipinski definition) is 7. The molecule has 4 aromatic rings. The fourth-order valence-corrected chi connectivity index (χ4v) is 5.93. The smallest absolute Gasteiger partial charge is 0.410 e. The van der Waals surface area contributed by atoms with Crippen LogP contribution in [0.2, 0.25) is 10.0 Å². The summed E-state index contributed by atoms with van der Waals surface area (Å²) < 4.78 is 43.9. The quantitative estimate of drug-likeness (QED) is 0.196. The van der Waals surface area contributed by atoms with Crippen molar-refractivity contribution in [2.24, 2.45) is 0 Å². The Morgan fingerprint density at radius 3 is 1.88 bits per heavy atom. The maximum Gasteiger partial charge on any atom is 0.410 e. The molecule has 2 atom stereocenters. The number of amides is 1. The van der Waals surface area contributed by atoms with Crippen LogP contribution < -0.4 is 14.8 Å². The first-order valence-corrected chi connectivity index (χ1v) is 16.9. The number of likely N-dealkylation sites (tertiary alicyclic amines) is 1. The molecule has 0 spiro atoms. The molecule has 2 saturated heterocycles. The highest BCUT2D eigenvalue weighted by atomic mass is 35.5. The summed E-state index contributed by atoms with van der Waals surface area (Å²) in [6.45, 7) is 9.27. The van der Waals surface area contributed by atoms with Gasteiger partial charge >= 0.3 is 6.09 Å². The van der Waals surface area contributed by atoms with Crippen LogP contribution in [0.25, 0.3) is 0 Å². The zero-order valence-corrected chi connectivity index (χ0v) is 29.2. The highest BCUT2D eigenvalue weighted by Gasteiger charge is 2.30. The molecule has 2 aromatic heterocycles. The zero-order chi connectivity index (χ0) is 35.0. The first-order valence-electron chi connectivity index (χ1n) is 16.2. The number of benzene rings is 2. The van der Waals surface area contributed by atoms with Crippen molar-refractivity contribution in [2.75, 3.05) is 26.2 Å². The lowest BCUT2D eigenvalue weighted by atomic mass is 9.99. The van der Waals surface area contributed by atoms with Crippen molar-refractivity contribution >= 4 is 29.3 Å². The first kappa shape index (κ1) is 36.3. The fourth-order valence-electron chi connectivity index (χ4n) is 5.61. The van der Waals surface area contributed by atoms with Gasteiger partial charge in [0.25, 0.3) is 0 Å². The summed E-state index contributed by atoms with van der Waals surface area (Å²) in [5.41, 5.74) is 3.32. The number of pyridine rings is 2. The minimum absolute atomic E-state index is 0.133. The van der Waals surface area contributed by atoms with E-state index in [0.717, 1.165) is 37.2 Å². The third-order valence-electron chi connectivity index (χ3n) is 8.06. The minimum Gasteiger partial charge on any atom is -0.484 e. The number of nitrogens with one attached hydrogen (secondary N) is 1. The van der Waals surface area contributed by atoms with Crippen molar-refractivity contribution in [2.45, 2.75) is 64.3 Å². The normalized spacial score (nSPS) is 17.3. The molecule has 4 heterocycles. The van der Waals surface area contributed by atoms with Crippen molar-refractivity contribution in [1.29, 1.82) is 0 Å². The maximum atomic E-state index is 13.8. The number of carbonyl (C=O) groups is 1. The highest BCUT2D eigenvalue weighted by molar-refractivity contribution is 6.30. The van der Waals surface area contributed by atoms with Crippen LogP contribution in [0, 0.1) is 11.6 Å². The van der Waals surface area contributed by atoms with E-state index in [1.54, 1.807) is 29.4 Å². The lowest BCUT2D eigenvalue weighted by molar-refractivity contribution is 0.0292. The summed E-state index contributed by atoms with van der Waals surface area (Å²) in [7, 11) is 0. The van der Waals surface area contributed by atoms with Crippen molar-refractivity contribution < 1.29 is 27.8 Å². The molecule has 0 bridgehead atoms. The molecule has 0 saturated carbocycles. The van der Waals surface area contributed by atoms with Crippen molar-refractivity contribution in [3.63, 3.8) is 0 Å². The van der Waals surface area contributed by atoms with E-state index in [0.29, 0.717) is 34.7 Å². The van der Waals surface area contributed by atoms with E-state index in [9.17, 15) is 13.6 Å². The van der Waals surface area contributed by atoms with Crippen LogP contribution in [0.3, 0.4) is 0 Å². The predicted octanol–water partition coefficient (Wildman–Crippen LogP) is 8.71. The zero-order valence-electron chi connectivity index (χ0n) is 27.7. The van der Waals surface area contributed by atoms with E-state index in [1.165, 1.54) is 29.8 Å². The predicted molar refractivity (Wildman–Crippen MR) is 185 cm³/mol. The molecule has 0 radical (unpaired) electrons. The van der Waals surface area contributed by atoms with E-state index in [-0.39, 0.29) is 36.7 Å². The second kappa shape index (κ2) is 16.6. The SMILES string of the molecule is CC(C)(C)OC(=O)N1CC[C@H](c2ccnc(COc3ccc(Cl)cc3F)c2)C1.Fc1cc(Cl)ccc1OCc1cc([C@H]2CCNC2)ccn1. The monoisotopic (exact) mass is 712 g/mol. The number of ether oxygens (including phenoxy) is 3. The molecule has 1 N–H and O–H groups in total. The van der Waals surface area contributed by atoms with E-state index in [1.807, 2.05) is 45.0 Å². The largest absolute Gasteiger partial charge is 0.484 e. The molecule has 0 unspecified atom stereocenters. The van der Waals surface area contributed by atoms with Gasteiger partial charge in [-0.1, -0.05) is 23.2 Å². The Labute approximate surface area is 295 Å². The fraction of sp³-hybridized carbons (Fsp3) is 0.378. The number of carbonyl (C=O) groups excluding carboxylic acids is 1. The highest BCUT2D eigenvalue weighted by Crippen LogP contribution is 2.29. The summed E-state index contributed by atoms with van der Waals surface area (Å²) in [6.07, 6.45) is 5.20. The molecule has 12 heteroatoms. The Morgan fingerprint density at radius 1 is 0.837 bits per heavy atom. The average Bonchev–Trinajstić information content (AvgIpc) is 3.78. The summed E-state index contributed by atoms with van der Waals surface area (Å²) >= 11 is 11.5. The average molecular weight is 714 g/mol. The Bertz CT molecular complexity index is 1730. The van der Waals surface area contributed by atoms with Gasteiger partial charge in [0, 0.05) is 48.0 Å². The number of halogens is 4. The van der Waals surface area contributed by atoms with Crippen molar-refractivity contribution in [3.05, 3.63) is 117 Å². The molecule has 2 fully saturated rings. The molecule has 2 aliphatic heterocycles. The van der Waals surface area contributed by atoms with Gasteiger partial charge in [-0.2, -0.15) is 0 Å². The first-order chi connectivity index (χ1) is 23.4. The van der Waals surface area contributed by atoms with Gasteiger partial charge in [-0.15, -0.1) is 0 Å². The van der Waals surface area contributed by atoms with Gasteiger partial charge in [-0.25, -0.2) is 13.6 Å². The second-order valence-corrected chi connectivity index (χ2v) is 13.9. The van der Waals surface area contributed by atoms with E-state index >= 15 is 0 Å². The van der Waals surface area contributed by atoms with Gasteiger partial charge < -0.3 is 24.4 Å². The summed E-state index contributed by atoms with van der Waals surface area (Å²) in [5, 5.41) is 4.02. The molecular weight excluding hydrogens is 673 g/mol. The standard InChI is InChI=1S/C21H24ClFN2O3.C16H16ClFN2O/c1-21(2,3)28-20(26)25-9-7-15(12-25)14-6-8-24-17(10-14)13-27-19-5-4-16(22)11-18(19)23;17-13-1-2-16(15(18)8-13)21-10-14-7-11(4-6-20-14)12-3-5-19-9-12/h4-6,8,10-11,15H,7,9,12-13H2,1-3H3;1-2,4,6-8,12,19H,3,5,9-10H2/t15-;12-/m00/s1. The Hall–Kier alpha value is -3.99. The van der Waals surface area contributed by atoms with Gasteiger partial charge in [0.1, 0.15) is 18.8 Å². The van der Waals surface area contributed by atoms with Crippen LogP contribution in [-0.4, -0.2) is 52.7 Å². The maximum absolute atomic E-state index is 13.8. The van der Waals surface area contributed by atoms with Gasteiger partial charge in [0.05, 0.1) is 11.4 Å². The van der Waals surface area contributed by atoms with Crippen LogP contribution in [0.5, 0.6) is 11.5 Å². The Morgan fingerprint density at radius 2 is 1.39 bits per heavy atom. The topological polar surface area (TPSA) is 85.8 Å². The summed E-state index contributed by atoms with van der Waals surface area (Å²) in [6, 6.07) is 16.6. The lowest BCUT2D eigenvalue weighted by Crippen LogP contribution is -2.35.